The molecule has 0 saturated heterocycles. The van der Waals surface area contributed by atoms with Crippen LogP contribution in [0.3, 0.4) is 0 Å². The fraction of sp³-hybridized carbons (Fsp3) is 0.455. The predicted octanol–water partition coefficient (Wildman–Crippen LogP) is 0.844. The first-order valence-electron chi connectivity index (χ1n) is 5.31. The van der Waals surface area contributed by atoms with Crippen LogP contribution >= 0.6 is 0 Å². The minimum atomic E-state index is -3.43. The number of aliphatic hydroxyl groups is 1. The third kappa shape index (κ3) is 3.61. The normalized spacial score (nSPS) is 11.2. The number of anilines is 1. The van der Waals surface area contributed by atoms with Crippen LogP contribution in [0.25, 0.3) is 0 Å². The van der Waals surface area contributed by atoms with E-state index in [4.69, 9.17) is 9.84 Å². The average Bonchev–Trinajstić information content (AvgIpc) is 2.26. The fourth-order valence-electron chi connectivity index (χ4n) is 1.50. The molecule has 0 spiro atoms. The van der Waals surface area contributed by atoms with Crippen molar-refractivity contribution in [3.8, 4) is 5.75 Å². The second-order valence-corrected chi connectivity index (χ2v) is 5.37. The SMILES string of the molecule is CCOc1ccccc1N(CCO)S(C)(=O)=O. The Morgan fingerprint density at radius 2 is 2.00 bits per heavy atom. The molecular weight excluding hydrogens is 242 g/mol. The van der Waals surface area contributed by atoms with E-state index >= 15 is 0 Å². The Balaban J connectivity index is 3.18. The molecule has 1 aromatic rings. The van der Waals surface area contributed by atoms with E-state index in [1.807, 2.05) is 6.92 Å². The summed E-state index contributed by atoms with van der Waals surface area (Å²) in [6.07, 6.45) is 1.10. The Kier molecular flexibility index (Phi) is 4.77. The Bertz CT molecular complexity index is 458. The van der Waals surface area contributed by atoms with Gasteiger partial charge in [0.25, 0.3) is 0 Å². The van der Waals surface area contributed by atoms with Gasteiger partial charge in [0.05, 0.1) is 31.7 Å². The van der Waals surface area contributed by atoms with Crippen LogP contribution < -0.4 is 9.04 Å². The zero-order chi connectivity index (χ0) is 12.9. The third-order valence-electron chi connectivity index (χ3n) is 2.14. The molecule has 0 radical (unpaired) electrons. The van der Waals surface area contributed by atoms with Crippen molar-refractivity contribution in [1.82, 2.24) is 0 Å². The maximum Gasteiger partial charge on any atom is 0.232 e. The quantitative estimate of drug-likeness (QED) is 0.822. The van der Waals surface area contributed by atoms with Crippen LogP contribution in [0.1, 0.15) is 6.92 Å². The largest absolute Gasteiger partial charge is 0.492 e. The lowest BCUT2D eigenvalue weighted by molar-refractivity contribution is 0.305. The number of ether oxygens (including phenoxy) is 1. The van der Waals surface area contributed by atoms with Gasteiger partial charge in [-0.1, -0.05) is 12.1 Å². The van der Waals surface area contributed by atoms with E-state index in [1.165, 1.54) is 0 Å². The van der Waals surface area contributed by atoms with Gasteiger partial charge in [0.15, 0.2) is 0 Å². The van der Waals surface area contributed by atoms with Crippen molar-refractivity contribution in [3.63, 3.8) is 0 Å². The fourth-order valence-corrected chi connectivity index (χ4v) is 2.42. The molecule has 1 rings (SSSR count). The van der Waals surface area contributed by atoms with Crippen LogP contribution in [0.5, 0.6) is 5.75 Å². The Labute approximate surface area is 102 Å². The molecule has 0 unspecified atom stereocenters. The molecule has 0 aromatic heterocycles. The van der Waals surface area contributed by atoms with Crippen LogP contribution in [0.4, 0.5) is 5.69 Å². The number of nitrogens with zero attached hydrogens (tertiary/aromatic N) is 1. The minimum absolute atomic E-state index is 0.0168. The Morgan fingerprint density at radius 1 is 1.35 bits per heavy atom. The Hall–Kier alpha value is -1.27. The average molecular weight is 259 g/mol. The summed E-state index contributed by atoms with van der Waals surface area (Å²) in [6.45, 7) is 2.05. The zero-order valence-corrected chi connectivity index (χ0v) is 10.8. The lowest BCUT2D eigenvalue weighted by Gasteiger charge is -2.23. The summed E-state index contributed by atoms with van der Waals surface area (Å²) in [5, 5.41) is 8.94. The van der Waals surface area contributed by atoms with Crippen molar-refractivity contribution in [1.29, 1.82) is 0 Å². The van der Waals surface area contributed by atoms with E-state index in [9.17, 15) is 8.42 Å². The Morgan fingerprint density at radius 3 is 2.53 bits per heavy atom. The third-order valence-corrected chi connectivity index (χ3v) is 3.32. The molecule has 0 fully saturated rings. The first kappa shape index (κ1) is 13.8. The number of para-hydroxylation sites is 2. The summed E-state index contributed by atoms with van der Waals surface area (Å²) in [4.78, 5) is 0. The molecule has 0 amide bonds. The molecule has 1 N–H and O–H groups in total. The van der Waals surface area contributed by atoms with Crippen molar-refractivity contribution < 1.29 is 18.3 Å². The molecule has 0 atom stereocenters. The molecule has 0 bridgehead atoms. The number of hydrogen-bond donors (Lipinski definition) is 1. The van der Waals surface area contributed by atoms with E-state index in [-0.39, 0.29) is 13.2 Å². The van der Waals surface area contributed by atoms with Gasteiger partial charge in [0.2, 0.25) is 10.0 Å². The first-order chi connectivity index (χ1) is 8.00. The summed E-state index contributed by atoms with van der Waals surface area (Å²) < 4.78 is 29.8. The zero-order valence-electron chi connectivity index (χ0n) is 9.96. The molecule has 17 heavy (non-hydrogen) atoms. The molecule has 1 aromatic carbocycles. The number of sulfonamides is 1. The van der Waals surface area contributed by atoms with Crippen molar-refractivity contribution in [2.75, 3.05) is 30.3 Å². The smallest absolute Gasteiger partial charge is 0.232 e. The number of aliphatic hydroxyl groups excluding tert-OH is 1. The lowest BCUT2D eigenvalue weighted by Crippen LogP contribution is -2.32. The van der Waals surface area contributed by atoms with Gasteiger partial charge in [-0.3, -0.25) is 4.31 Å². The van der Waals surface area contributed by atoms with Crippen molar-refractivity contribution >= 4 is 15.7 Å². The summed E-state index contributed by atoms with van der Waals surface area (Å²) in [5.41, 5.74) is 0.450. The van der Waals surface area contributed by atoms with Crippen LogP contribution in [-0.2, 0) is 10.0 Å². The highest BCUT2D eigenvalue weighted by Gasteiger charge is 2.20. The predicted molar refractivity (Wildman–Crippen MR) is 66.9 cm³/mol. The monoisotopic (exact) mass is 259 g/mol. The molecule has 0 aliphatic carbocycles. The topological polar surface area (TPSA) is 66.8 Å². The molecule has 0 aliphatic heterocycles. The standard InChI is InChI=1S/C11H17NO4S/c1-3-16-11-7-5-4-6-10(11)12(8-9-13)17(2,14)15/h4-7,13H,3,8-9H2,1-2H3. The summed E-state index contributed by atoms with van der Waals surface area (Å²) in [7, 11) is -3.43. The molecule has 96 valence electrons. The van der Waals surface area contributed by atoms with Gasteiger partial charge in [0.1, 0.15) is 5.75 Å². The van der Waals surface area contributed by atoms with Gasteiger partial charge in [-0.25, -0.2) is 8.42 Å². The van der Waals surface area contributed by atoms with Crippen molar-refractivity contribution in [2.24, 2.45) is 0 Å². The van der Waals surface area contributed by atoms with Gasteiger partial charge in [-0.2, -0.15) is 0 Å². The molecule has 6 heteroatoms. The van der Waals surface area contributed by atoms with E-state index in [2.05, 4.69) is 0 Å². The number of hydrogen-bond acceptors (Lipinski definition) is 4. The maximum absolute atomic E-state index is 11.6. The molecule has 0 saturated carbocycles. The first-order valence-corrected chi connectivity index (χ1v) is 7.16. The van der Waals surface area contributed by atoms with Crippen LogP contribution in [0, 0.1) is 0 Å². The second-order valence-electron chi connectivity index (χ2n) is 3.46. The highest BCUT2D eigenvalue weighted by molar-refractivity contribution is 7.92. The summed E-state index contributed by atoms with van der Waals surface area (Å²) in [6, 6.07) is 6.86. The van der Waals surface area contributed by atoms with E-state index in [0.29, 0.717) is 18.0 Å². The minimum Gasteiger partial charge on any atom is -0.492 e. The van der Waals surface area contributed by atoms with Gasteiger partial charge < -0.3 is 9.84 Å². The van der Waals surface area contributed by atoms with Gasteiger partial charge >= 0.3 is 0 Å². The number of benzene rings is 1. The highest BCUT2D eigenvalue weighted by Crippen LogP contribution is 2.29. The summed E-state index contributed by atoms with van der Waals surface area (Å²) in [5.74, 6) is 0.494. The van der Waals surface area contributed by atoms with Crippen LogP contribution in [0.2, 0.25) is 0 Å². The van der Waals surface area contributed by atoms with Crippen molar-refractivity contribution in [3.05, 3.63) is 24.3 Å². The molecular formula is C11H17NO4S. The van der Waals surface area contributed by atoms with E-state index in [0.717, 1.165) is 10.6 Å². The second kappa shape index (κ2) is 5.88. The molecule has 5 nitrogen and oxygen atoms in total. The van der Waals surface area contributed by atoms with Gasteiger partial charge in [-0.15, -0.1) is 0 Å². The maximum atomic E-state index is 11.6. The van der Waals surface area contributed by atoms with Crippen LogP contribution in [-0.4, -0.2) is 39.5 Å². The van der Waals surface area contributed by atoms with E-state index < -0.39 is 10.0 Å². The van der Waals surface area contributed by atoms with Crippen LogP contribution in [0.15, 0.2) is 24.3 Å². The molecule has 0 heterocycles. The highest BCUT2D eigenvalue weighted by atomic mass is 32.2. The van der Waals surface area contributed by atoms with Gasteiger partial charge in [-0.05, 0) is 19.1 Å². The molecule has 0 aliphatic rings. The van der Waals surface area contributed by atoms with E-state index in [1.54, 1.807) is 24.3 Å². The lowest BCUT2D eigenvalue weighted by atomic mass is 10.3. The van der Waals surface area contributed by atoms with Crippen molar-refractivity contribution in [2.45, 2.75) is 6.92 Å². The summed E-state index contributed by atoms with van der Waals surface area (Å²) >= 11 is 0. The number of rotatable bonds is 6. The van der Waals surface area contributed by atoms with Gasteiger partial charge in [0, 0.05) is 0 Å².